The van der Waals surface area contributed by atoms with Gasteiger partial charge in [-0.2, -0.15) is 0 Å². The van der Waals surface area contributed by atoms with Crippen LogP contribution in [-0.4, -0.2) is 30.1 Å². The molecule has 0 amide bonds. The van der Waals surface area contributed by atoms with Gasteiger partial charge in [-0.15, -0.1) is 0 Å². The van der Waals surface area contributed by atoms with E-state index in [1.54, 1.807) is 32.5 Å². The third kappa shape index (κ3) is 3.05. The Morgan fingerprint density at radius 1 is 1.00 bits per heavy atom. The summed E-state index contributed by atoms with van der Waals surface area (Å²) in [5.74, 6) is 0.726. The Hall–Kier alpha value is -3.60. The summed E-state index contributed by atoms with van der Waals surface area (Å²) in [6.45, 7) is 2.08. The van der Waals surface area contributed by atoms with Crippen LogP contribution in [0.15, 0.2) is 90.2 Å². The molecule has 1 aliphatic heterocycles. The summed E-state index contributed by atoms with van der Waals surface area (Å²) < 4.78 is 12.6. The number of rotatable bonds is 5. The molecule has 0 aliphatic carbocycles. The Labute approximate surface area is 169 Å². The molecular weight excluding hydrogens is 364 g/mol. The monoisotopic (exact) mass is 386 g/mol. The van der Waals surface area contributed by atoms with Gasteiger partial charge in [-0.1, -0.05) is 60.7 Å². The van der Waals surface area contributed by atoms with Gasteiger partial charge in [0, 0.05) is 12.4 Å². The molecule has 0 N–H and O–H groups in total. The Morgan fingerprint density at radius 2 is 1.62 bits per heavy atom. The van der Waals surface area contributed by atoms with E-state index < -0.39 is 11.4 Å². The van der Waals surface area contributed by atoms with Gasteiger partial charge in [0.1, 0.15) is 11.4 Å². The van der Waals surface area contributed by atoms with Crippen molar-refractivity contribution in [2.75, 3.05) is 13.7 Å². The predicted octanol–water partition coefficient (Wildman–Crippen LogP) is 4.43. The number of hydrogen-bond acceptors (Lipinski definition) is 4. The van der Waals surface area contributed by atoms with Crippen molar-refractivity contribution in [1.29, 1.82) is 0 Å². The molecular formula is C24H22N2O3. The molecule has 0 unspecified atom stereocenters. The van der Waals surface area contributed by atoms with Gasteiger partial charge in [0.2, 0.25) is 5.88 Å². The molecule has 1 aromatic heterocycles. The summed E-state index contributed by atoms with van der Waals surface area (Å²) >= 11 is 0. The van der Waals surface area contributed by atoms with Crippen LogP contribution >= 0.6 is 0 Å². The lowest BCUT2D eigenvalue weighted by Gasteiger charge is -2.31. The van der Waals surface area contributed by atoms with Gasteiger partial charge >= 0.3 is 5.97 Å². The van der Waals surface area contributed by atoms with E-state index in [4.69, 9.17) is 14.5 Å². The number of carbonyl (C=O) groups is 1. The van der Waals surface area contributed by atoms with E-state index in [1.807, 2.05) is 41.0 Å². The normalized spacial score (nSPS) is 14.5. The Balaban J connectivity index is 1.91. The summed E-state index contributed by atoms with van der Waals surface area (Å²) in [4.78, 5) is 17.1. The number of allylic oxidation sites excluding steroid dienone is 1. The first-order valence-electron chi connectivity index (χ1n) is 9.52. The second-order valence-corrected chi connectivity index (χ2v) is 6.64. The van der Waals surface area contributed by atoms with Crippen molar-refractivity contribution in [2.24, 2.45) is 4.99 Å². The molecule has 0 fully saturated rings. The average Bonchev–Trinajstić information content (AvgIpc) is 3.39. The van der Waals surface area contributed by atoms with Crippen LogP contribution in [0.1, 0.15) is 28.4 Å². The topological polar surface area (TPSA) is 52.8 Å². The third-order valence-corrected chi connectivity index (χ3v) is 5.09. The molecule has 0 saturated heterocycles. The predicted molar refractivity (Wildman–Crippen MR) is 113 cm³/mol. The van der Waals surface area contributed by atoms with Crippen LogP contribution in [0.4, 0.5) is 0 Å². The van der Waals surface area contributed by atoms with E-state index in [2.05, 4.69) is 30.3 Å². The quantitative estimate of drug-likeness (QED) is 0.610. The standard InChI is InChI=1S/C24H22N2O3/c1-3-29-22(27)20-14-17-26(21(20)28-2)23-24(15-16-25-23,18-10-6-4-7-11-18)19-12-8-5-9-13-19/h4-17H,3H2,1-2H3. The van der Waals surface area contributed by atoms with Crippen molar-refractivity contribution in [1.82, 2.24) is 4.57 Å². The van der Waals surface area contributed by atoms with Crippen LogP contribution in [0.25, 0.3) is 0 Å². The zero-order valence-corrected chi connectivity index (χ0v) is 16.4. The lowest BCUT2D eigenvalue weighted by Crippen LogP contribution is -2.37. The number of aliphatic imine (C=N–C) groups is 1. The first kappa shape index (κ1) is 18.7. The lowest BCUT2D eigenvalue weighted by atomic mass is 9.74. The molecule has 0 spiro atoms. The van der Waals surface area contributed by atoms with Crippen molar-refractivity contribution < 1.29 is 14.3 Å². The van der Waals surface area contributed by atoms with Gasteiger partial charge in [0.25, 0.3) is 0 Å². The lowest BCUT2D eigenvalue weighted by molar-refractivity contribution is 0.0522. The molecule has 2 aromatic carbocycles. The number of methoxy groups -OCH3 is 1. The first-order chi connectivity index (χ1) is 14.2. The zero-order chi connectivity index (χ0) is 20.3. The molecule has 5 heteroatoms. The highest BCUT2D eigenvalue weighted by molar-refractivity contribution is 6.05. The van der Waals surface area contributed by atoms with Crippen LogP contribution in [0.5, 0.6) is 5.88 Å². The number of hydrogen-bond donors (Lipinski definition) is 0. The summed E-state index contributed by atoms with van der Waals surface area (Å²) in [6, 6.07) is 22.1. The largest absolute Gasteiger partial charge is 0.481 e. The van der Waals surface area contributed by atoms with Gasteiger partial charge in [-0.05, 0) is 30.2 Å². The van der Waals surface area contributed by atoms with Gasteiger partial charge in [-0.3, -0.25) is 4.57 Å². The Bertz CT molecular complexity index is 1030. The maximum atomic E-state index is 12.4. The molecule has 0 saturated carbocycles. The van der Waals surface area contributed by atoms with Gasteiger partial charge < -0.3 is 9.47 Å². The molecule has 3 aromatic rings. The van der Waals surface area contributed by atoms with E-state index in [1.165, 1.54) is 0 Å². The maximum absolute atomic E-state index is 12.4. The van der Waals surface area contributed by atoms with Crippen LogP contribution in [0.3, 0.4) is 0 Å². The minimum Gasteiger partial charge on any atom is -0.481 e. The molecule has 0 radical (unpaired) electrons. The van der Waals surface area contributed by atoms with E-state index in [0.29, 0.717) is 18.1 Å². The maximum Gasteiger partial charge on any atom is 0.343 e. The van der Waals surface area contributed by atoms with Crippen molar-refractivity contribution in [3.63, 3.8) is 0 Å². The molecule has 4 rings (SSSR count). The van der Waals surface area contributed by atoms with Gasteiger partial charge in [0.15, 0.2) is 0 Å². The number of aromatic nitrogens is 1. The van der Waals surface area contributed by atoms with Crippen LogP contribution < -0.4 is 4.74 Å². The third-order valence-electron chi connectivity index (χ3n) is 5.09. The number of benzene rings is 2. The highest BCUT2D eigenvalue weighted by Crippen LogP contribution is 2.40. The smallest absolute Gasteiger partial charge is 0.343 e. The number of nitrogens with zero attached hydrogens (tertiary/aromatic N) is 2. The van der Waals surface area contributed by atoms with E-state index in [-0.39, 0.29) is 0 Å². The van der Waals surface area contributed by atoms with Crippen LogP contribution in [0, 0.1) is 0 Å². The van der Waals surface area contributed by atoms with E-state index in [9.17, 15) is 4.79 Å². The fourth-order valence-corrected chi connectivity index (χ4v) is 3.82. The number of esters is 1. The highest BCUT2D eigenvalue weighted by Gasteiger charge is 2.42. The van der Waals surface area contributed by atoms with E-state index in [0.717, 1.165) is 17.0 Å². The minimum absolute atomic E-state index is 0.299. The minimum atomic E-state index is -0.610. The zero-order valence-electron chi connectivity index (χ0n) is 16.4. The molecule has 5 nitrogen and oxygen atoms in total. The van der Waals surface area contributed by atoms with E-state index >= 15 is 0 Å². The van der Waals surface area contributed by atoms with Gasteiger partial charge in [-0.25, -0.2) is 9.79 Å². The summed E-state index contributed by atoms with van der Waals surface area (Å²) in [7, 11) is 1.55. The number of ether oxygens (including phenoxy) is 2. The second-order valence-electron chi connectivity index (χ2n) is 6.64. The Morgan fingerprint density at radius 3 is 2.17 bits per heavy atom. The molecule has 29 heavy (non-hydrogen) atoms. The fourth-order valence-electron chi connectivity index (χ4n) is 3.82. The molecule has 1 aliphatic rings. The van der Waals surface area contributed by atoms with Crippen LogP contribution in [0.2, 0.25) is 0 Å². The molecule has 146 valence electrons. The fraction of sp³-hybridized carbons (Fsp3) is 0.167. The van der Waals surface area contributed by atoms with Crippen molar-refractivity contribution in [3.8, 4) is 5.88 Å². The molecule has 0 atom stereocenters. The Kier molecular flexibility index (Phi) is 5.04. The SMILES string of the molecule is CCOC(=O)c1ccn(C2=NC=CC2(c2ccccc2)c2ccccc2)c1OC. The summed E-state index contributed by atoms with van der Waals surface area (Å²) in [5.41, 5.74) is 1.92. The molecule has 0 bridgehead atoms. The summed E-state index contributed by atoms with van der Waals surface area (Å²) in [6.07, 6.45) is 5.69. The van der Waals surface area contributed by atoms with Crippen LogP contribution in [-0.2, 0) is 10.2 Å². The van der Waals surface area contributed by atoms with Crippen molar-refractivity contribution in [2.45, 2.75) is 12.3 Å². The first-order valence-corrected chi connectivity index (χ1v) is 9.52. The number of carbonyl (C=O) groups excluding carboxylic acids is 1. The van der Waals surface area contributed by atoms with Crippen molar-refractivity contribution >= 4 is 11.8 Å². The van der Waals surface area contributed by atoms with Crippen molar-refractivity contribution in [3.05, 3.63) is 102 Å². The molecule has 2 heterocycles. The second kappa shape index (κ2) is 7.80. The summed E-state index contributed by atoms with van der Waals surface area (Å²) in [5, 5.41) is 0. The average molecular weight is 386 g/mol. The van der Waals surface area contributed by atoms with Gasteiger partial charge in [0.05, 0.1) is 19.1 Å². The highest BCUT2D eigenvalue weighted by atomic mass is 16.5.